The van der Waals surface area contributed by atoms with E-state index in [0.29, 0.717) is 0 Å². The van der Waals surface area contributed by atoms with E-state index in [1.807, 2.05) is 6.92 Å². The Bertz CT molecular complexity index is 609. The van der Waals surface area contributed by atoms with E-state index in [1.54, 1.807) is 0 Å². The average Bonchev–Trinajstić information content (AvgIpc) is 3.33. The normalized spacial score (nSPS) is 27.0. The molecule has 27 heavy (non-hydrogen) atoms. The Morgan fingerprint density at radius 2 is 1.19 bits per heavy atom. The number of anilines is 2. The molecule has 0 unspecified atom stereocenters. The lowest BCUT2D eigenvalue weighted by Gasteiger charge is -2.40. The summed E-state index contributed by atoms with van der Waals surface area (Å²) in [5.41, 5.74) is 0.313. The molecule has 6 heteroatoms. The predicted molar refractivity (Wildman–Crippen MR) is 105 cm³/mol. The van der Waals surface area contributed by atoms with Gasteiger partial charge in [-0.2, -0.15) is 0 Å². The molecule has 0 aliphatic carbocycles. The summed E-state index contributed by atoms with van der Waals surface area (Å²) in [6, 6.07) is 2.20. The van der Waals surface area contributed by atoms with Gasteiger partial charge in [-0.25, -0.2) is 9.97 Å². The van der Waals surface area contributed by atoms with E-state index >= 15 is 0 Å². The number of hydrogen-bond acceptors (Lipinski definition) is 6. The van der Waals surface area contributed by atoms with Crippen LogP contribution in [0.3, 0.4) is 0 Å². The van der Waals surface area contributed by atoms with Crippen LogP contribution in [0.4, 0.5) is 11.6 Å². The molecule has 6 nitrogen and oxygen atoms in total. The number of aromatic nitrogens is 2. The van der Waals surface area contributed by atoms with Crippen molar-refractivity contribution >= 4 is 11.6 Å². The molecule has 0 N–H and O–H groups in total. The molecule has 5 heterocycles. The van der Waals surface area contributed by atoms with Crippen LogP contribution in [0.25, 0.3) is 0 Å². The summed E-state index contributed by atoms with van der Waals surface area (Å²) in [6.45, 7) is 8.04. The summed E-state index contributed by atoms with van der Waals surface area (Å²) in [4.78, 5) is 14.4. The van der Waals surface area contributed by atoms with Crippen LogP contribution in [-0.2, 0) is 9.47 Å². The van der Waals surface area contributed by atoms with Crippen LogP contribution < -0.4 is 9.80 Å². The molecule has 0 atom stereocenters. The number of hydrogen-bond donors (Lipinski definition) is 0. The fraction of sp³-hybridized carbons (Fsp3) is 0.810. The first-order valence-electron chi connectivity index (χ1n) is 10.8. The van der Waals surface area contributed by atoms with Crippen molar-refractivity contribution in [2.24, 2.45) is 0 Å². The largest absolute Gasteiger partial charge is 0.375 e. The van der Waals surface area contributed by atoms with Gasteiger partial charge in [0.25, 0.3) is 0 Å². The van der Waals surface area contributed by atoms with Gasteiger partial charge in [0.2, 0.25) is 0 Å². The first-order valence-corrected chi connectivity index (χ1v) is 10.8. The van der Waals surface area contributed by atoms with E-state index in [2.05, 4.69) is 15.9 Å². The van der Waals surface area contributed by atoms with Crippen molar-refractivity contribution in [1.29, 1.82) is 0 Å². The van der Waals surface area contributed by atoms with Gasteiger partial charge in [0, 0.05) is 45.5 Å². The van der Waals surface area contributed by atoms with Gasteiger partial charge in [0.15, 0.2) is 0 Å². The van der Waals surface area contributed by atoms with Crippen LogP contribution in [0.15, 0.2) is 6.07 Å². The number of nitrogens with zero attached hydrogens (tertiary/aromatic N) is 4. The summed E-state index contributed by atoms with van der Waals surface area (Å²) >= 11 is 0. The monoisotopic (exact) mass is 372 g/mol. The minimum atomic E-state index is 0.157. The van der Waals surface area contributed by atoms with Crippen LogP contribution in [0.5, 0.6) is 0 Å². The van der Waals surface area contributed by atoms with E-state index in [0.717, 1.165) is 82.5 Å². The highest BCUT2D eigenvalue weighted by atomic mass is 16.5. The van der Waals surface area contributed by atoms with E-state index in [9.17, 15) is 0 Å². The Morgan fingerprint density at radius 3 is 1.56 bits per heavy atom. The number of aryl methyl sites for hydroxylation is 1. The highest BCUT2D eigenvalue weighted by molar-refractivity contribution is 5.52. The second-order valence-electron chi connectivity index (χ2n) is 8.88. The van der Waals surface area contributed by atoms with Gasteiger partial charge >= 0.3 is 0 Å². The summed E-state index contributed by atoms with van der Waals surface area (Å²) in [5.74, 6) is 3.04. The molecule has 0 bridgehead atoms. The molecule has 4 fully saturated rings. The Hall–Kier alpha value is -1.40. The molecule has 0 radical (unpaired) electrons. The van der Waals surface area contributed by atoms with Crippen molar-refractivity contribution in [3.05, 3.63) is 11.9 Å². The Kier molecular flexibility index (Phi) is 4.51. The van der Waals surface area contributed by atoms with E-state index in [4.69, 9.17) is 19.4 Å². The highest BCUT2D eigenvalue weighted by Gasteiger charge is 2.40. The smallest absolute Gasteiger partial charge is 0.134 e. The van der Waals surface area contributed by atoms with Gasteiger partial charge in [-0.1, -0.05) is 0 Å². The van der Waals surface area contributed by atoms with Crippen LogP contribution in [0.1, 0.15) is 57.2 Å². The Labute approximate surface area is 162 Å². The van der Waals surface area contributed by atoms with Crippen LogP contribution in [0.2, 0.25) is 0 Å². The first kappa shape index (κ1) is 17.7. The number of rotatable bonds is 2. The molecule has 4 aliphatic heterocycles. The predicted octanol–water partition coefficient (Wildman–Crippen LogP) is 3.08. The second-order valence-corrected chi connectivity index (χ2v) is 8.88. The van der Waals surface area contributed by atoms with Gasteiger partial charge in [-0.05, 0) is 58.3 Å². The number of ether oxygens (including phenoxy) is 2. The molecule has 1 aromatic heterocycles. The minimum Gasteiger partial charge on any atom is -0.375 e. The summed E-state index contributed by atoms with van der Waals surface area (Å²) < 4.78 is 12.1. The van der Waals surface area contributed by atoms with E-state index < -0.39 is 0 Å². The van der Waals surface area contributed by atoms with Crippen molar-refractivity contribution in [3.8, 4) is 0 Å². The lowest BCUT2D eigenvalue weighted by molar-refractivity contribution is -0.0147. The SMILES string of the molecule is Cc1nc(N2CCC3(CCCO3)CC2)cc(N2CCC3(CCCO3)CC2)n1. The molecule has 2 spiro atoms. The molecule has 4 saturated heterocycles. The van der Waals surface area contributed by atoms with Crippen LogP contribution in [0, 0.1) is 6.92 Å². The lowest BCUT2D eigenvalue weighted by Crippen LogP contribution is -2.45. The zero-order chi connectivity index (χ0) is 18.3. The van der Waals surface area contributed by atoms with E-state index in [-0.39, 0.29) is 11.2 Å². The zero-order valence-corrected chi connectivity index (χ0v) is 16.6. The fourth-order valence-corrected chi connectivity index (χ4v) is 5.45. The summed E-state index contributed by atoms with van der Waals surface area (Å²) in [6.07, 6.45) is 9.38. The van der Waals surface area contributed by atoms with Gasteiger partial charge in [-0.15, -0.1) is 0 Å². The van der Waals surface area contributed by atoms with Gasteiger partial charge in [0.05, 0.1) is 11.2 Å². The third-order valence-corrected chi connectivity index (χ3v) is 7.18. The molecular formula is C21H32N4O2. The Balaban J connectivity index is 1.27. The molecule has 4 aliphatic rings. The Morgan fingerprint density at radius 1 is 0.741 bits per heavy atom. The molecule has 5 rings (SSSR count). The molecule has 1 aromatic rings. The maximum atomic E-state index is 6.07. The lowest BCUT2D eigenvalue weighted by atomic mass is 9.88. The quantitative estimate of drug-likeness (QED) is 0.795. The van der Waals surface area contributed by atoms with Gasteiger partial charge in [-0.3, -0.25) is 0 Å². The molecular weight excluding hydrogens is 340 g/mol. The van der Waals surface area contributed by atoms with E-state index in [1.165, 1.54) is 25.7 Å². The van der Waals surface area contributed by atoms with Crippen molar-refractivity contribution in [2.75, 3.05) is 49.2 Å². The minimum absolute atomic E-state index is 0.157. The maximum absolute atomic E-state index is 6.07. The van der Waals surface area contributed by atoms with Crippen molar-refractivity contribution in [1.82, 2.24) is 9.97 Å². The van der Waals surface area contributed by atoms with Crippen LogP contribution >= 0.6 is 0 Å². The second kappa shape index (κ2) is 6.89. The molecule has 0 aromatic carbocycles. The average molecular weight is 373 g/mol. The highest BCUT2D eigenvalue weighted by Crippen LogP contribution is 2.38. The maximum Gasteiger partial charge on any atom is 0.134 e. The third kappa shape index (κ3) is 3.42. The number of piperidine rings is 2. The van der Waals surface area contributed by atoms with Crippen LogP contribution in [-0.4, -0.2) is 60.6 Å². The van der Waals surface area contributed by atoms with Gasteiger partial charge in [0.1, 0.15) is 17.5 Å². The fourth-order valence-electron chi connectivity index (χ4n) is 5.45. The van der Waals surface area contributed by atoms with Crippen molar-refractivity contribution in [2.45, 2.75) is 69.5 Å². The first-order chi connectivity index (χ1) is 13.2. The molecule has 0 amide bonds. The topological polar surface area (TPSA) is 50.7 Å². The molecule has 148 valence electrons. The summed E-state index contributed by atoms with van der Waals surface area (Å²) in [7, 11) is 0. The zero-order valence-electron chi connectivity index (χ0n) is 16.6. The standard InChI is InChI=1S/C21H32N4O2/c1-17-22-18(24-10-6-20(7-11-24)4-2-14-26-20)16-19(23-17)25-12-8-21(9-13-25)5-3-15-27-21/h16H,2-15H2,1H3. The summed E-state index contributed by atoms with van der Waals surface area (Å²) in [5, 5.41) is 0. The third-order valence-electron chi connectivity index (χ3n) is 7.18. The van der Waals surface area contributed by atoms with Crippen molar-refractivity contribution < 1.29 is 9.47 Å². The molecule has 0 saturated carbocycles. The van der Waals surface area contributed by atoms with Crippen molar-refractivity contribution in [3.63, 3.8) is 0 Å². The van der Waals surface area contributed by atoms with Gasteiger partial charge < -0.3 is 19.3 Å².